The van der Waals surface area contributed by atoms with Gasteiger partial charge in [-0.15, -0.1) is 0 Å². The number of hydroxylamine groups is 2. The predicted molar refractivity (Wildman–Crippen MR) is 204 cm³/mol. The molecular weight excluding hydrogens is 678 g/mol. The molecule has 0 radical (unpaired) electrons. The molecule has 9 atom stereocenters. The van der Waals surface area contributed by atoms with E-state index in [1.807, 2.05) is 19.0 Å². The molecule has 4 fully saturated rings. The van der Waals surface area contributed by atoms with Crippen molar-refractivity contribution < 1.29 is 34.3 Å². The molecule has 2 amide bonds. The monoisotopic (exact) mass is 739 g/mol. The van der Waals surface area contributed by atoms with E-state index >= 15 is 0 Å². The molecule has 0 spiro atoms. The number of carbonyl (C=O) groups excluding carboxylic acids is 2. The normalized spacial score (nSPS) is 28.1. The summed E-state index contributed by atoms with van der Waals surface area (Å²) in [7, 11) is 5.35. The van der Waals surface area contributed by atoms with Gasteiger partial charge < -0.3 is 30.5 Å². The molecule has 1 aromatic rings. The average Bonchev–Trinajstić information content (AvgIpc) is 3.45. The van der Waals surface area contributed by atoms with Crippen LogP contribution in [0.25, 0.3) is 5.57 Å². The van der Waals surface area contributed by atoms with Gasteiger partial charge in [0, 0.05) is 47.8 Å². The second-order valence-electron chi connectivity index (χ2n) is 16.5. The Kier molecular flexibility index (Phi) is 14.1. The van der Waals surface area contributed by atoms with Gasteiger partial charge in [-0.1, -0.05) is 52.8 Å². The zero-order chi connectivity index (χ0) is 39.4. The van der Waals surface area contributed by atoms with Crippen molar-refractivity contribution in [1.29, 1.82) is 0 Å². The van der Waals surface area contributed by atoms with Gasteiger partial charge in [-0.3, -0.25) is 24.5 Å². The highest BCUT2D eigenvalue weighted by Crippen LogP contribution is 2.61. The summed E-state index contributed by atoms with van der Waals surface area (Å²) in [5, 5.41) is 40.7. The lowest BCUT2D eigenvalue weighted by molar-refractivity contribution is -0.418. The van der Waals surface area contributed by atoms with E-state index in [1.54, 1.807) is 25.1 Å². The summed E-state index contributed by atoms with van der Waals surface area (Å²) in [6, 6.07) is 4.22. The Morgan fingerprint density at radius 1 is 1.23 bits per heavy atom. The van der Waals surface area contributed by atoms with Gasteiger partial charge >= 0.3 is 0 Å². The lowest BCUT2D eigenvalue weighted by Gasteiger charge is -2.62. The number of amides is 2. The quantitative estimate of drug-likeness (QED) is 0.0788. The number of allylic oxidation sites excluding steroid dienone is 3. The molecule has 1 heterocycles. The molecule has 3 aliphatic carbocycles. The molecule has 294 valence electrons. The van der Waals surface area contributed by atoms with Crippen LogP contribution in [0.2, 0.25) is 0 Å². The van der Waals surface area contributed by atoms with Crippen LogP contribution in [0.15, 0.2) is 48.7 Å². The number of methoxy groups -OCH3 is 1. The number of nitrogens with one attached hydrogen (secondary N) is 2. The molecular formula is C40H61N5O8. The summed E-state index contributed by atoms with van der Waals surface area (Å²) in [4.78, 5) is 46.6. The standard InChI is InChI=1S/C40H61N5O8/c1-23(2)16-30(21-43(8)9)41-35(48)15-14-27(17-24(3)45(50)51)31-13-11-12-28(38(31)52-10)20-44-37(36(26(5)47)34(22-46)53-44)39(49)42-33-19-29-18-32(25(33)4)40(29,6)7/h11-15,17,23,25-26,29-30,32-34,36-37,46-47H,3,16,18-22H2,1-2,4-10H3,(H,41,48)(H,42,49)/b15-14+,27-17+/t25-,26-,29-,30-,32+,33-,34-,36+,37-/m0/s1. The van der Waals surface area contributed by atoms with Gasteiger partial charge in [0.1, 0.15) is 17.9 Å². The summed E-state index contributed by atoms with van der Waals surface area (Å²) in [5.41, 5.74) is 1.21. The molecule has 1 saturated heterocycles. The molecule has 53 heavy (non-hydrogen) atoms. The van der Waals surface area contributed by atoms with Gasteiger partial charge in [0.2, 0.25) is 11.8 Å². The summed E-state index contributed by atoms with van der Waals surface area (Å²) >= 11 is 0. The van der Waals surface area contributed by atoms with Crippen LogP contribution >= 0.6 is 0 Å². The van der Waals surface area contributed by atoms with Crippen molar-refractivity contribution in [1.82, 2.24) is 20.6 Å². The Hall–Kier alpha value is -3.62. The number of fused-ring (bicyclic) bond motifs is 2. The number of benzene rings is 1. The number of likely N-dealkylation sites (N-methyl/N-ethyl adjacent to an activating group) is 1. The van der Waals surface area contributed by atoms with E-state index in [0.29, 0.717) is 46.7 Å². The van der Waals surface area contributed by atoms with Crippen LogP contribution in [0.1, 0.15) is 71.9 Å². The van der Waals surface area contributed by atoms with Crippen molar-refractivity contribution in [2.45, 2.75) is 97.7 Å². The molecule has 4 aliphatic rings. The first kappa shape index (κ1) is 42.1. The van der Waals surface area contributed by atoms with Crippen molar-refractivity contribution in [3.05, 3.63) is 69.9 Å². The average molecular weight is 740 g/mol. The second kappa shape index (κ2) is 17.7. The minimum absolute atomic E-state index is 0.0169. The fraction of sp³-hybridized carbons (Fsp3) is 0.650. The van der Waals surface area contributed by atoms with E-state index in [4.69, 9.17) is 9.57 Å². The number of para-hydroxylation sites is 1. The fourth-order valence-electron chi connectivity index (χ4n) is 8.88. The van der Waals surface area contributed by atoms with Gasteiger partial charge in [0.15, 0.2) is 0 Å². The fourth-order valence-corrected chi connectivity index (χ4v) is 8.88. The minimum Gasteiger partial charge on any atom is -0.496 e. The van der Waals surface area contributed by atoms with E-state index in [9.17, 15) is 29.9 Å². The van der Waals surface area contributed by atoms with Crippen LogP contribution in [-0.4, -0.2) is 102 Å². The van der Waals surface area contributed by atoms with E-state index in [1.165, 1.54) is 36.8 Å². The number of nitrogens with zero attached hydrogens (tertiary/aromatic N) is 3. The molecule has 0 unspecified atom stereocenters. The largest absolute Gasteiger partial charge is 0.496 e. The Morgan fingerprint density at radius 2 is 1.92 bits per heavy atom. The Morgan fingerprint density at radius 3 is 2.47 bits per heavy atom. The van der Waals surface area contributed by atoms with Gasteiger partial charge in [0.05, 0.1) is 31.3 Å². The number of carbonyl (C=O) groups is 2. The third-order valence-electron chi connectivity index (χ3n) is 11.7. The summed E-state index contributed by atoms with van der Waals surface area (Å²) in [6.45, 7) is 16.4. The SMILES string of the molecule is C=C(/C=C(\C=C\C(=O)N[C@@H](CC(C)C)CN(C)C)c1cccc(CN2O[C@@H](CO)[C@@H]([C@H](C)O)[C@H]2C(=O)N[C@H]2C[C@@H]3C[C@H]([C@@H]2C)C3(C)C)c1OC)[N+](=O)[O-]. The summed E-state index contributed by atoms with van der Waals surface area (Å²) < 4.78 is 5.90. The number of nitro groups is 1. The predicted octanol–water partition coefficient (Wildman–Crippen LogP) is 4.18. The molecule has 2 bridgehead atoms. The topological polar surface area (TPSA) is 167 Å². The van der Waals surface area contributed by atoms with Gasteiger partial charge in [0.25, 0.3) is 5.70 Å². The second-order valence-corrected chi connectivity index (χ2v) is 16.5. The zero-order valence-electron chi connectivity index (χ0n) is 32.9. The number of hydrogen-bond acceptors (Lipinski definition) is 10. The van der Waals surface area contributed by atoms with Crippen molar-refractivity contribution in [3.8, 4) is 5.75 Å². The molecule has 5 rings (SSSR count). The zero-order valence-corrected chi connectivity index (χ0v) is 32.9. The minimum atomic E-state index is -0.964. The highest BCUT2D eigenvalue weighted by Gasteiger charge is 2.57. The number of aliphatic hydroxyl groups is 2. The molecule has 1 aromatic carbocycles. The van der Waals surface area contributed by atoms with Crippen molar-refractivity contribution in [2.24, 2.45) is 35.0 Å². The van der Waals surface area contributed by atoms with E-state index in [2.05, 4.69) is 51.8 Å². The number of aliphatic hydroxyl groups excluding tert-OH is 2. The molecule has 3 saturated carbocycles. The Bertz CT molecular complexity index is 1540. The first-order valence-corrected chi connectivity index (χ1v) is 18.8. The van der Waals surface area contributed by atoms with Crippen LogP contribution in [0.5, 0.6) is 5.75 Å². The van der Waals surface area contributed by atoms with Crippen molar-refractivity contribution >= 4 is 17.4 Å². The van der Waals surface area contributed by atoms with Gasteiger partial charge in [-0.05, 0) is 87.6 Å². The number of rotatable bonds is 17. The third-order valence-corrected chi connectivity index (χ3v) is 11.7. The smallest absolute Gasteiger partial charge is 0.262 e. The lowest BCUT2D eigenvalue weighted by atomic mass is 9.45. The molecule has 0 aromatic heterocycles. The third kappa shape index (κ3) is 9.74. The highest BCUT2D eigenvalue weighted by atomic mass is 16.7. The van der Waals surface area contributed by atoms with Crippen LogP contribution in [0.4, 0.5) is 0 Å². The first-order chi connectivity index (χ1) is 24.9. The van der Waals surface area contributed by atoms with Crippen molar-refractivity contribution in [2.75, 3.05) is 34.4 Å². The molecule has 13 nitrogen and oxygen atoms in total. The van der Waals surface area contributed by atoms with Crippen LogP contribution < -0.4 is 15.4 Å². The maximum absolute atomic E-state index is 14.2. The Labute approximate surface area is 314 Å². The Balaban J connectivity index is 1.65. The molecule has 1 aliphatic heterocycles. The van der Waals surface area contributed by atoms with E-state index < -0.39 is 35.7 Å². The number of ether oxygens (including phenoxy) is 1. The first-order valence-electron chi connectivity index (χ1n) is 18.8. The van der Waals surface area contributed by atoms with E-state index in [-0.39, 0.29) is 47.5 Å². The van der Waals surface area contributed by atoms with E-state index in [0.717, 1.165) is 12.8 Å². The lowest BCUT2D eigenvalue weighted by Crippen LogP contribution is -2.62. The van der Waals surface area contributed by atoms with Gasteiger partial charge in [-0.25, -0.2) is 0 Å². The number of hydrogen-bond donors (Lipinski definition) is 4. The highest BCUT2D eigenvalue weighted by molar-refractivity contribution is 5.92. The van der Waals surface area contributed by atoms with Crippen LogP contribution in [0, 0.1) is 45.1 Å². The molecule has 4 N–H and O–H groups in total. The van der Waals surface area contributed by atoms with Crippen LogP contribution in [-0.2, 0) is 21.0 Å². The maximum atomic E-state index is 14.2. The van der Waals surface area contributed by atoms with Crippen molar-refractivity contribution in [3.63, 3.8) is 0 Å². The maximum Gasteiger partial charge on any atom is 0.262 e. The molecule has 13 heteroatoms. The summed E-state index contributed by atoms with van der Waals surface area (Å²) in [6.07, 6.45) is 5.15. The van der Waals surface area contributed by atoms with Gasteiger partial charge in [-0.2, -0.15) is 5.06 Å². The summed E-state index contributed by atoms with van der Waals surface area (Å²) in [5.74, 6) is 0.690. The van der Waals surface area contributed by atoms with Crippen LogP contribution in [0.3, 0.4) is 0 Å².